The van der Waals surface area contributed by atoms with Gasteiger partial charge in [0.15, 0.2) is 17.5 Å². The third-order valence-electron chi connectivity index (χ3n) is 6.26. The van der Waals surface area contributed by atoms with Crippen LogP contribution >= 0.6 is 0 Å². The van der Waals surface area contributed by atoms with E-state index >= 15 is 0 Å². The van der Waals surface area contributed by atoms with E-state index in [9.17, 15) is 4.79 Å². The number of aromatic nitrogens is 4. The molecule has 4 aromatic rings. The standard InChI is InChI=1S/C25H23N7O2/c1-15-11-17(5-8-26-15)20-3-4-21-24(29-20)32(19-7-10-31(21)14-19)25(33)30-23-12-18(6-9-27-23)22-13-28-16(2)34-22/h3-6,8-9,11-13,19H,7,10,14H2,1-2H3,(H,27,30,33)/t19-/m1/s1. The summed E-state index contributed by atoms with van der Waals surface area (Å²) in [6, 6.07) is 11.4. The number of hydrogen-bond acceptors (Lipinski definition) is 7. The molecular weight excluding hydrogens is 430 g/mol. The van der Waals surface area contributed by atoms with Crippen LogP contribution in [-0.4, -0.2) is 45.1 Å². The van der Waals surface area contributed by atoms with Gasteiger partial charge in [-0.15, -0.1) is 0 Å². The van der Waals surface area contributed by atoms with Crippen LogP contribution in [0.4, 0.5) is 22.1 Å². The van der Waals surface area contributed by atoms with Crippen LogP contribution in [0, 0.1) is 13.8 Å². The molecule has 0 saturated carbocycles. The van der Waals surface area contributed by atoms with E-state index in [1.54, 1.807) is 36.5 Å². The topological polar surface area (TPSA) is 100 Å². The first-order valence-electron chi connectivity index (χ1n) is 11.2. The number of carbonyl (C=O) groups is 1. The van der Waals surface area contributed by atoms with Crippen LogP contribution in [-0.2, 0) is 0 Å². The Morgan fingerprint density at radius 2 is 1.91 bits per heavy atom. The largest absolute Gasteiger partial charge is 0.441 e. The summed E-state index contributed by atoms with van der Waals surface area (Å²) in [6.45, 7) is 5.44. The van der Waals surface area contributed by atoms with Gasteiger partial charge in [-0.05, 0) is 49.7 Å². The molecule has 6 heterocycles. The molecule has 1 N–H and O–H groups in total. The van der Waals surface area contributed by atoms with Crippen molar-refractivity contribution >= 4 is 23.4 Å². The fraction of sp³-hybridized carbons (Fsp3) is 0.240. The Morgan fingerprint density at radius 3 is 2.74 bits per heavy atom. The van der Waals surface area contributed by atoms with Crippen molar-refractivity contribution in [2.24, 2.45) is 0 Å². The summed E-state index contributed by atoms with van der Waals surface area (Å²) >= 11 is 0. The van der Waals surface area contributed by atoms with Gasteiger partial charge in [0.2, 0.25) is 0 Å². The molecule has 34 heavy (non-hydrogen) atoms. The van der Waals surface area contributed by atoms with E-state index in [1.807, 2.05) is 31.2 Å². The number of oxazole rings is 1. The molecule has 1 saturated heterocycles. The average Bonchev–Trinajstić information content (AvgIpc) is 3.46. The minimum atomic E-state index is -0.248. The SMILES string of the molecule is Cc1cc(-c2ccc3c(n2)N(C(=O)Nc2cc(-c4cnc(C)o4)ccn2)[C@@H]2CCN3C2)ccn1. The Labute approximate surface area is 196 Å². The van der Waals surface area contributed by atoms with Gasteiger partial charge in [0.05, 0.1) is 23.6 Å². The minimum Gasteiger partial charge on any atom is -0.441 e. The van der Waals surface area contributed by atoms with E-state index in [0.717, 1.165) is 47.7 Å². The molecular formula is C25H23N7O2. The van der Waals surface area contributed by atoms with Gasteiger partial charge in [-0.25, -0.2) is 19.7 Å². The van der Waals surface area contributed by atoms with Crippen molar-refractivity contribution in [3.05, 3.63) is 66.6 Å². The predicted octanol–water partition coefficient (Wildman–Crippen LogP) is 4.44. The highest BCUT2D eigenvalue weighted by molar-refractivity contribution is 6.04. The molecule has 0 unspecified atom stereocenters. The third-order valence-corrected chi connectivity index (χ3v) is 6.26. The third kappa shape index (κ3) is 3.55. The molecule has 4 aromatic heterocycles. The zero-order valence-electron chi connectivity index (χ0n) is 18.9. The molecule has 2 amide bonds. The van der Waals surface area contributed by atoms with Crippen molar-refractivity contribution in [1.29, 1.82) is 0 Å². The van der Waals surface area contributed by atoms with Crippen molar-refractivity contribution in [2.45, 2.75) is 26.3 Å². The quantitative estimate of drug-likeness (QED) is 0.489. The van der Waals surface area contributed by atoms with Crippen molar-refractivity contribution in [1.82, 2.24) is 19.9 Å². The Hall–Kier alpha value is -4.27. The highest BCUT2D eigenvalue weighted by Gasteiger charge is 2.40. The molecule has 6 rings (SSSR count). The average molecular weight is 454 g/mol. The first-order valence-corrected chi connectivity index (χ1v) is 11.2. The molecule has 2 aliphatic heterocycles. The van der Waals surface area contributed by atoms with Crippen LogP contribution in [0.1, 0.15) is 18.0 Å². The van der Waals surface area contributed by atoms with Crippen molar-refractivity contribution in [3.63, 3.8) is 0 Å². The van der Waals surface area contributed by atoms with E-state index in [-0.39, 0.29) is 12.1 Å². The van der Waals surface area contributed by atoms with E-state index in [0.29, 0.717) is 23.3 Å². The summed E-state index contributed by atoms with van der Waals surface area (Å²) in [7, 11) is 0. The molecule has 1 fully saturated rings. The Bertz CT molecular complexity index is 1400. The maximum absolute atomic E-state index is 13.5. The Kier molecular flexibility index (Phi) is 4.75. The summed E-state index contributed by atoms with van der Waals surface area (Å²) in [4.78, 5) is 35.3. The van der Waals surface area contributed by atoms with E-state index in [2.05, 4.69) is 31.2 Å². The fourth-order valence-electron chi connectivity index (χ4n) is 4.65. The lowest BCUT2D eigenvalue weighted by molar-refractivity contribution is 0.254. The van der Waals surface area contributed by atoms with Gasteiger partial charge in [0, 0.05) is 49.2 Å². The van der Waals surface area contributed by atoms with Crippen molar-refractivity contribution in [3.8, 4) is 22.6 Å². The second-order valence-electron chi connectivity index (χ2n) is 8.59. The predicted molar refractivity (Wildman–Crippen MR) is 129 cm³/mol. The molecule has 0 spiro atoms. The smallest absolute Gasteiger partial charge is 0.329 e. The first kappa shape index (κ1) is 20.3. The highest BCUT2D eigenvalue weighted by Crippen LogP contribution is 2.40. The number of fused-ring (bicyclic) bond motifs is 4. The number of hydrogen-bond donors (Lipinski definition) is 1. The number of nitrogens with zero attached hydrogens (tertiary/aromatic N) is 6. The molecule has 0 aliphatic carbocycles. The van der Waals surface area contributed by atoms with Crippen LogP contribution in [0.2, 0.25) is 0 Å². The van der Waals surface area contributed by atoms with Gasteiger partial charge in [0.25, 0.3) is 0 Å². The van der Waals surface area contributed by atoms with Gasteiger partial charge in [-0.1, -0.05) is 0 Å². The number of pyridine rings is 3. The number of carbonyl (C=O) groups excluding carboxylic acids is 1. The van der Waals surface area contributed by atoms with Gasteiger partial charge in [-0.3, -0.25) is 15.2 Å². The maximum Gasteiger partial charge on any atom is 0.329 e. The number of anilines is 3. The fourth-order valence-corrected chi connectivity index (χ4v) is 4.65. The zero-order valence-corrected chi connectivity index (χ0v) is 18.9. The van der Waals surface area contributed by atoms with Crippen LogP contribution in [0.3, 0.4) is 0 Å². The summed E-state index contributed by atoms with van der Waals surface area (Å²) in [6.07, 6.45) is 5.97. The first-order chi connectivity index (χ1) is 16.5. The molecule has 2 bridgehead atoms. The summed E-state index contributed by atoms with van der Waals surface area (Å²) in [5, 5.41) is 2.97. The number of urea groups is 1. The Morgan fingerprint density at radius 1 is 1.06 bits per heavy atom. The van der Waals surface area contributed by atoms with Gasteiger partial charge < -0.3 is 9.32 Å². The molecule has 9 heteroatoms. The number of aryl methyl sites for hydroxylation is 2. The van der Waals surface area contributed by atoms with Gasteiger partial charge in [0.1, 0.15) is 5.82 Å². The van der Waals surface area contributed by atoms with Crippen molar-refractivity contribution in [2.75, 3.05) is 28.2 Å². The van der Waals surface area contributed by atoms with E-state index in [4.69, 9.17) is 9.40 Å². The normalized spacial score (nSPS) is 16.5. The molecule has 170 valence electrons. The molecule has 2 aliphatic rings. The lowest BCUT2D eigenvalue weighted by Crippen LogP contribution is -2.48. The number of amides is 2. The highest BCUT2D eigenvalue weighted by atomic mass is 16.4. The molecule has 0 radical (unpaired) electrons. The molecule has 0 aromatic carbocycles. The Balaban J connectivity index is 1.33. The van der Waals surface area contributed by atoms with Gasteiger partial charge >= 0.3 is 6.03 Å². The summed E-state index contributed by atoms with van der Waals surface area (Å²) < 4.78 is 5.61. The van der Waals surface area contributed by atoms with Crippen LogP contribution in [0.15, 0.2) is 59.4 Å². The van der Waals surface area contributed by atoms with Crippen LogP contribution in [0.25, 0.3) is 22.6 Å². The summed E-state index contributed by atoms with van der Waals surface area (Å²) in [5.74, 6) is 2.32. The second-order valence-corrected chi connectivity index (χ2v) is 8.59. The van der Waals surface area contributed by atoms with E-state index in [1.165, 1.54) is 0 Å². The molecule has 1 atom stereocenters. The monoisotopic (exact) mass is 453 g/mol. The lowest BCUT2D eigenvalue weighted by atomic mass is 10.1. The minimum absolute atomic E-state index is 0.0505. The summed E-state index contributed by atoms with van der Waals surface area (Å²) in [5.41, 5.74) is 4.47. The number of rotatable bonds is 3. The van der Waals surface area contributed by atoms with Gasteiger partial charge in [-0.2, -0.15) is 0 Å². The number of nitrogens with one attached hydrogen (secondary N) is 1. The van der Waals surface area contributed by atoms with Crippen LogP contribution in [0.5, 0.6) is 0 Å². The zero-order chi connectivity index (χ0) is 23.2. The maximum atomic E-state index is 13.5. The van der Waals surface area contributed by atoms with Crippen LogP contribution < -0.4 is 15.1 Å². The van der Waals surface area contributed by atoms with Crippen molar-refractivity contribution < 1.29 is 9.21 Å². The lowest BCUT2D eigenvalue weighted by Gasteiger charge is -2.35. The molecule has 9 nitrogen and oxygen atoms in total. The van der Waals surface area contributed by atoms with E-state index < -0.39 is 0 Å². The second kappa shape index (κ2) is 7.95.